The molecule has 2 heterocycles. The fraction of sp³-hybridized carbons (Fsp3) is 0.400. The molecule has 1 aliphatic rings. The molecule has 0 N–H and O–H groups in total. The van der Waals surface area contributed by atoms with Gasteiger partial charge in [-0.2, -0.15) is 0 Å². The van der Waals surface area contributed by atoms with E-state index in [0.717, 1.165) is 23.7 Å². The van der Waals surface area contributed by atoms with Crippen molar-refractivity contribution in [3.8, 4) is 0 Å². The molecule has 3 rings (SSSR count). The van der Waals surface area contributed by atoms with Crippen LogP contribution >= 0.6 is 0 Å². The molecule has 0 bridgehead atoms. The lowest BCUT2D eigenvalue weighted by molar-refractivity contribution is -0.132. The Labute approximate surface area is 122 Å². The molecule has 0 spiro atoms. The predicted octanol–water partition coefficient (Wildman–Crippen LogP) is 2.94. The lowest BCUT2D eigenvalue weighted by Gasteiger charge is -2.30. The van der Waals surface area contributed by atoms with Gasteiger partial charge in [0.1, 0.15) is 6.54 Å². The second kappa shape index (κ2) is 5.89. The van der Waals surface area contributed by atoms with Crippen LogP contribution in [0.4, 0.5) is 0 Å². The molecule has 1 saturated heterocycles. The fourth-order valence-corrected chi connectivity index (χ4v) is 2.83. The van der Waals surface area contributed by atoms with Crippen molar-refractivity contribution in [3.05, 3.63) is 47.0 Å². The van der Waals surface area contributed by atoms with Crippen LogP contribution in [0.5, 0.6) is 0 Å². The Morgan fingerprint density at radius 3 is 2.81 bits per heavy atom. The van der Waals surface area contributed by atoms with Crippen molar-refractivity contribution in [2.45, 2.75) is 25.4 Å². The summed E-state index contributed by atoms with van der Waals surface area (Å²) in [5, 5.41) is 4.88. The minimum atomic E-state index is 0.0338. The highest BCUT2D eigenvalue weighted by atomic mass is 16.2. The summed E-state index contributed by atoms with van der Waals surface area (Å²) in [5.74, 6) is 0.121. The van der Waals surface area contributed by atoms with Crippen molar-refractivity contribution in [2.75, 3.05) is 13.1 Å². The molecule has 1 fully saturated rings. The summed E-state index contributed by atoms with van der Waals surface area (Å²) in [4.78, 5) is 17.1. The van der Waals surface area contributed by atoms with E-state index in [0.29, 0.717) is 19.6 Å². The number of likely N-dealkylation sites (tertiary alicyclic amines) is 1. The summed E-state index contributed by atoms with van der Waals surface area (Å²) in [6.45, 7) is 1.70. The number of carbonyl (C=O) groups is 1. The SMILES string of the molecule is [N-]=[N+]=NC1CCN(C(=O)Cn2ccc3ccccc32)CC1. The molecule has 1 aromatic carbocycles. The highest BCUT2D eigenvalue weighted by Crippen LogP contribution is 2.17. The molecule has 6 heteroatoms. The first-order valence-corrected chi connectivity index (χ1v) is 7.14. The van der Waals surface area contributed by atoms with E-state index in [1.807, 2.05) is 46.0 Å². The first-order valence-electron chi connectivity index (χ1n) is 7.14. The zero-order valence-corrected chi connectivity index (χ0v) is 11.7. The van der Waals surface area contributed by atoms with Crippen molar-refractivity contribution < 1.29 is 4.79 Å². The summed E-state index contributed by atoms with van der Waals surface area (Å²) >= 11 is 0. The van der Waals surface area contributed by atoms with Crippen molar-refractivity contribution in [1.82, 2.24) is 9.47 Å². The summed E-state index contributed by atoms with van der Waals surface area (Å²) in [7, 11) is 0. The van der Waals surface area contributed by atoms with Crippen molar-refractivity contribution >= 4 is 16.8 Å². The van der Waals surface area contributed by atoms with Crippen LogP contribution in [0.3, 0.4) is 0 Å². The van der Waals surface area contributed by atoms with Crippen LogP contribution in [-0.2, 0) is 11.3 Å². The molecule has 0 aliphatic carbocycles. The summed E-state index contributed by atoms with van der Waals surface area (Å²) < 4.78 is 1.98. The minimum absolute atomic E-state index is 0.0338. The van der Waals surface area contributed by atoms with Crippen LogP contribution in [0.2, 0.25) is 0 Å². The van der Waals surface area contributed by atoms with Crippen LogP contribution in [0.1, 0.15) is 12.8 Å². The van der Waals surface area contributed by atoms with E-state index in [9.17, 15) is 4.79 Å². The van der Waals surface area contributed by atoms with Gasteiger partial charge in [0.15, 0.2) is 0 Å². The normalized spacial score (nSPS) is 15.9. The van der Waals surface area contributed by atoms with Gasteiger partial charge in [0.25, 0.3) is 0 Å². The Kier molecular flexibility index (Phi) is 3.79. The van der Waals surface area contributed by atoms with Gasteiger partial charge in [-0.1, -0.05) is 23.3 Å². The number of benzene rings is 1. The Morgan fingerprint density at radius 1 is 1.29 bits per heavy atom. The number of piperidine rings is 1. The number of hydrogen-bond acceptors (Lipinski definition) is 2. The monoisotopic (exact) mass is 283 g/mol. The molecule has 2 aromatic rings. The molecule has 1 amide bonds. The zero-order valence-electron chi connectivity index (χ0n) is 11.7. The number of amides is 1. The second-order valence-electron chi connectivity index (χ2n) is 5.32. The number of rotatable bonds is 3. The molecule has 108 valence electrons. The number of hydrogen-bond donors (Lipinski definition) is 0. The number of para-hydroxylation sites is 1. The fourth-order valence-electron chi connectivity index (χ4n) is 2.83. The van der Waals surface area contributed by atoms with Gasteiger partial charge in [-0.3, -0.25) is 4.79 Å². The van der Waals surface area contributed by atoms with E-state index >= 15 is 0 Å². The van der Waals surface area contributed by atoms with E-state index in [1.165, 1.54) is 0 Å². The maximum absolute atomic E-state index is 12.4. The first-order chi connectivity index (χ1) is 10.3. The van der Waals surface area contributed by atoms with Gasteiger partial charge >= 0.3 is 0 Å². The third-order valence-corrected chi connectivity index (χ3v) is 4.02. The second-order valence-corrected chi connectivity index (χ2v) is 5.32. The van der Waals surface area contributed by atoms with Gasteiger partial charge in [-0.25, -0.2) is 0 Å². The Morgan fingerprint density at radius 2 is 2.05 bits per heavy atom. The average molecular weight is 283 g/mol. The van der Waals surface area contributed by atoms with E-state index in [4.69, 9.17) is 5.53 Å². The Bertz CT molecular complexity index is 693. The first kappa shape index (κ1) is 13.5. The quantitative estimate of drug-likeness (QED) is 0.485. The molecule has 1 aliphatic heterocycles. The number of nitrogens with zero attached hydrogens (tertiary/aromatic N) is 5. The third-order valence-electron chi connectivity index (χ3n) is 4.02. The maximum Gasteiger partial charge on any atom is 0.242 e. The molecule has 0 unspecified atom stereocenters. The lowest BCUT2D eigenvalue weighted by Crippen LogP contribution is -2.41. The predicted molar refractivity (Wildman–Crippen MR) is 80.7 cm³/mol. The summed E-state index contributed by atoms with van der Waals surface area (Å²) in [6, 6.07) is 10.1. The summed E-state index contributed by atoms with van der Waals surface area (Å²) in [6.07, 6.45) is 3.46. The maximum atomic E-state index is 12.4. The molecule has 21 heavy (non-hydrogen) atoms. The van der Waals surface area contributed by atoms with Gasteiger partial charge in [-0.05, 0) is 35.9 Å². The topological polar surface area (TPSA) is 74.0 Å². The largest absolute Gasteiger partial charge is 0.341 e. The number of fused-ring (bicyclic) bond motifs is 1. The average Bonchev–Trinajstić information content (AvgIpc) is 2.92. The van der Waals surface area contributed by atoms with Gasteiger partial charge < -0.3 is 9.47 Å². The van der Waals surface area contributed by atoms with E-state index in [1.54, 1.807) is 0 Å². The molecule has 0 atom stereocenters. The number of azide groups is 1. The van der Waals surface area contributed by atoms with Gasteiger partial charge in [0, 0.05) is 35.8 Å². The van der Waals surface area contributed by atoms with Crippen LogP contribution in [0.15, 0.2) is 41.6 Å². The Hall–Kier alpha value is -2.46. The zero-order chi connectivity index (χ0) is 14.7. The van der Waals surface area contributed by atoms with Gasteiger partial charge in [0.05, 0.1) is 0 Å². The van der Waals surface area contributed by atoms with Crippen molar-refractivity contribution in [3.63, 3.8) is 0 Å². The molecule has 6 nitrogen and oxygen atoms in total. The third kappa shape index (κ3) is 2.85. The van der Waals surface area contributed by atoms with Crippen LogP contribution < -0.4 is 0 Å². The van der Waals surface area contributed by atoms with Crippen LogP contribution in [0, 0.1) is 0 Å². The van der Waals surface area contributed by atoms with Gasteiger partial charge in [0.2, 0.25) is 5.91 Å². The molecule has 1 aromatic heterocycles. The molecule has 0 radical (unpaired) electrons. The Balaban J connectivity index is 1.66. The van der Waals surface area contributed by atoms with Crippen LogP contribution in [0.25, 0.3) is 21.3 Å². The molecule has 0 saturated carbocycles. The standard InChI is InChI=1S/C15H17N5O/c16-18-17-13-6-9-19(10-7-13)15(21)11-20-8-5-12-3-1-2-4-14(12)20/h1-5,8,13H,6-7,9-11H2. The number of carbonyl (C=O) groups excluding carboxylic acids is 1. The smallest absolute Gasteiger partial charge is 0.242 e. The van der Waals surface area contributed by atoms with E-state index in [-0.39, 0.29) is 11.9 Å². The minimum Gasteiger partial charge on any atom is -0.341 e. The highest BCUT2D eigenvalue weighted by molar-refractivity contribution is 5.83. The highest BCUT2D eigenvalue weighted by Gasteiger charge is 2.22. The van der Waals surface area contributed by atoms with Crippen molar-refractivity contribution in [1.29, 1.82) is 0 Å². The molecular weight excluding hydrogens is 266 g/mol. The van der Waals surface area contributed by atoms with Crippen LogP contribution in [-0.4, -0.2) is 34.5 Å². The summed E-state index contributed by atoms with van der Waals surface area (Å²) in [5.41, 5.74) is 9.52. The lowest BCUT2D eigenvalue weighted by atomic mass is 10.1. The van der Waals surface area contributed by atoms with E-state index < -0.39 is 0 Å². The van der Waals surface area contributed by atoms with Gasteiger partial charge in [-0.15, -0.1) is 0 Å². The van der Waals surface area contributed by atoms with E-state index in [2.05, 4.69) is 10.0 Å². The van der Waals surface area contributed by atoms with Crippen molar-refractivity contribution in [2.24, 2.45) is 5.11 Å². The number of aromatic nitrogens is 1. The molecular formula is C15H17N5O.